The van der Waals surface area contributed by atoms with Crippen molar-refractivity contribution in [2.24, 2.45) is 7.05 Å². The first-order chi connectivity index (χ1) is 11.5. The van der Waals surface area contributed by atoms with Crippen LogP contribution in [0.4, 0.5) is 0 Å². The number of carbonyl (C=O) groups is 2. The van der Waals surface area contributed by atoms with Crippen LogP contribution < -0.4 is 0 Å². The van der Waals surface area contributed by atoms with Crippen LogP contribution in [0.2, 0.25) is 0 Å². The van der Waals surface area contributed by atoms with E-state index in [1.165, 1.54) is 0 Å². The van der Waals surface area contributed by atoms with Gasteiger partial charge in [-0.3, -0.25) is 4.79 Å². The summed E-state index contributed by atoms with van der Waals surface area (Å²) in [5, 5.41) is 0.845. The molecule has 1 fully saturated rings. The van der Waals surface area contributed by atoms with Crippen LogP contribution in [0.1, 0.15) is 43.5 Å². The Morgan fingerprint density at radius 3 is 2.54 bits per heavy atom. The molecule has 2 aromatic rings. The van der Waals surface area contributed by atoms with Crippen LogP contribution in [0.25, 0.3) is 10.9 Å². The van der Waals surface area contributed by atoms with Crippen molar-refractivity contribution < 1.29 is 14.3 Å². The van der Waals surface area contributed by atoms with Gasteiger partial charge in [0.25, 0.3) is 5.91 Å². The number of rotatable bonds is 3. The predicted molar refractivity (Wildman–Crippen MR) is 92.8 cm³/mol. The summed E-state index contributed by atoms with van der Waals surface area (Å²) in [6.45, 7) is 3.91. The molecule has 1 aliphatic heterocycles. The molecular weight excluding hydrogens is 304 g/mol. The number of benzene rings is 1. The molecule has 128 valence electrons. The largest absolute Gasteiger partial charge is 0.452 e. The summed E-state index contributed by atoms with van der Waals surface area (Å²) >= 11 is 0. The maximum atomic E-state index is 12.5. The smallest absolute Gasteiger partial charge is 0.340 e. The standard InChI is InChI=1S/C19H24N2O3/c1-13-7-6-8-14(2)21(13)18(22)12-24-19(23)16-11-20(3)17-10-5-4-9-15(16)17/h4-5,9-11,13-14H,6-8,12H2,1-3H3/t13-,14-/m0/s1. The Hall–Kier alpha value is -2.30. The van der Waals surface area contributed by atoms with E-state index in [9.17, 15) is 9.59 Å². The number of hydrogen-bond acceptors (Lipinski definition) is 3. The molecule has 1 aliphatic rings. The normalized spacial score (nSPS) is 21.0. The molecule has 0 aliphatic carbocycles. The molecular formula is C19H24N2O3. The second-order valence-electron chi connectivity index (χ2n) is 6.68. The van der Waals surface area contributed by atoms with Crippen molar-refractivity contribution in [2.45, 2.75) is 45.2 Å². The van der Waals surface area contributed by atoms with Gasteiger partial charge < -0.3 is 14.2 Å². The number of ether oxygens (including phenoxy) is 1. The number of aryl methyl sites for hydroxylation is 1. The molecule has 0 bridgehead atoms. The maximum absolute atomic E-state index is 12.5. The van der Waals surface area contributed by atoms with Crippen molar-refractivity contribution in [1.29, 1.82) is 0 Å². The fourth-order valence-corrected chi connectivity index (χ4v) is 3.70. The van der Waals surface area contributed by atoms with Gasteiger partial charge >= 0.3 is 5.97 Å². The molecule has 5 nitrogen and oxygen atoms in total. The lowest BCUT2D eigenvalue weighted by atomic mass is 9.97. The Morgan fingerprint density at radius 2 is 1.83 bits per heavy atom. The minimum Gasteiger partial charge on any atom is -0.452 e. The second-order valence-corrected chi connectivity index (χ2v) is 6.68. The van der Waals surface area contributed by atoms with Crippen molar-refractivity contribution in [3.8, 4) is 0 Å². The van der Waals surface area contributed by atoms with E-state index >= 15 is 0 Å². The predicted octanol–water partition coefficient (Wildman–Crippen LogP) is 3.12. The molecule has 1 aromatic heterocycles. The maximum Gasteiger partial charge on any atom is 0.340 e. The topological polar surface area (TPSA) is 51.5 Å². The van der Waals surface area contributed by atoms with Crippen LogP contribution in [0.15, 0.2) is 30.5 Å². The van der Waals surface area contributed by atoms with Crippen LogP contribution >= 0.6 is 0 Å². The quantitative estimate of drug-likeness (QED) is 0.814. The highest BCUT2D eigenvalue weighted by atomic mass is 16.5. The van der Waals surface area contributed by atoms with Crippen molar-refractivity contribution in [3.63, 3.8) is 0 Å². The molecule has 1 saturated heterocycles. The van der Waals surface area contributed by atoms with Crippen LogP contribution in [0.5, 0.6) is 0 Å². The molecule has 0 radical (unpaired) electrons. The van der Waals surface area contributed by atoms with E-state index in [0.717, 1.165) is 30.2 Å². The summed E-state index contributed by atoms with van der Waals surface area (Å²) in [7, 11) is 1.89. The SMILES string of the molecule is C[C@H]1CCC[C@H](C)N1C(=O)COC(=O)c1cn(C)c2ccccc12. The van der Waals surface area contributed by atoms with Crippen LogP contribution in [-0.4, -0.2) is 40.0 Å². The Labute approximate surface area is 142 Å². The molecule has 24 heavy (non-hydrogen) atoms. The van der Waals surface area contributed by atoms with Gasteiger partial charge in [-0.25, -0.2) is 4.79 Å². The average Bonchev–Trinajstić information content (AvgIpc) is 2.90. The van der Waals surface area contributed by atoms with E-state index in [1.54, 1.807) is 6.20 Å². The zero-order chi connectivity index (χ0) is 17.3. The number of carbonyl (C=O) groups excluding carboxylic acids is 2. The monoisotopic (exact) mass is 328 g/mol. The molecule has 2 atom stereocenters. The van der Waals surface area contributed by atoms with Crippen LogP contribution in [0.3, 0.4) is 0 Å². The molecule has 0 N–H and O–H groups in total. The van der Waals surface area contributed by atoms with Crippen molar-refractivity contribution in [3.05, 3.63) is 36.0 Å². The lowest BCUT2D eigenvalue weighted by Gasteiger charge is -2.38. The van der Waals surface area contributed by atoms with Crippen LogP contribution in [0, 0.1) is 0 Å². The molecule has 0 spiro atoms. The number of piperidine rings is 1. The third-order valence-electron chi connectivity index (χ3n) is 4.93. The lowest BCUT2D eigenvalue weighted by Crippen LogP contribution is -2.49. The van der Waals surface area contributed by atoms with Crippen molar-refractivity contribution in [2.75, 3.05) is 6.61 Å². The van der Waals surface area contributed by atoms with Gasteiger partial charge in [-0.1, -0.05) is 18.2 Å². The number of esters is 1. The summed E-state index contributed by atoms with van der Waals surface area (Å²) in [6, 6.07) is 8.08. The van der Waals surface area contributed by atoms with Gasteiger partial charge in [0.15, 0.2) is 6.61 Å². The van der Waals surface area contributed by atoms with E-state index in [2.05, 4.69) is 13.8 Å². The number of hydrogen-bond donors (Lipinski definition) is 0. The number of nitrogens with zero attached hydrogens (tertiary/aromatic N) is 2. The van der Waals surface area contributed by atoms with Crippen molar-refractivity contribution >= 4 is 22.8 Å². The third kappa shape index (κ3) is 3.03. The lowest BCUT2D eigenvalue weighted by molar-refractivity contribution is -0.140. The average molecular weight is 328 g/mol. The number of aromatic nitrogens is 1. The molecule has 2 heterocycles. The Bertz CT molecular complexity index is 755. The molecule has 3 rings (SSSR count). The molecule has 1 aromatic carbocycles. The minimum absolute atomic E-state index is 0.108. The first-order valence-corrected chi connectivity index (χ1v) is 8.51. The fraction of sp³-hybridized carbons (Fsp3) is 0.474. The summed E-state index contributed by atoms with van der Waals surface area (Å²) in [5.74, 6) is -0.555. The molecule has 1 amide bonds. The Kier molecular flexibility index (Phi) is 4.60. The Balaban J connectivity index is 1.70. The van der Waals surface area contributed by atoms with E-state index < -0.39 is 5.97 Å². The minimum atomic E-state index is -0.447. The molecule has 0 unspecified atom stereocenters. The van der Waals surface area contributed by atoms with Gasteiger partial charge in [-0.15, -0.1) is 0 Å². The van der Waals surface area contributed by atoms with Crippen molar-refractivity contribution in [1.82, 2.24) is 9.47 Å². The van der Waals surface area contributed by atoms with Gasteiger partial charge in [0.05, 0.1) is 5.56 Å². The van der Waals surface area contributed by atoms with Gasteiger partial charge in [-0.2, -0.15) is 0 Å². The highest BCUT2D eigenvalue weighted by Crippen LogP contribution is 2.23. The fourth-order valence-electron chi connectivity index (χ4n) is 3.70. The first-order valence-electron chi connectivity index (χ1n) is 8.51. The number of likely N-dealkylation sites (tertiary alicyclic amines) is 1. The van der Waals surface area contributed by atoms with Crippen LogP contribution in [-0.2, 0) is 16.6 Å². The number of fused-ring (bicyclic) bond motifs is 1. The van der Waals surface area contributed by atoms with Gasteiger partial charge in [-0.05, 0) is 39.2 Å². The van der Waals surface area contributed by atoms with Gasteiger partial charge in [0, 0.05) is 36.2 Å². The first kappa shape index (κ1) is 16.6. The molecule has 5 heteroatoms. The zero-order valence-corrected chi connectivity index (χ0v) is 14.5. The van der Waals surface area contributed by atoms with E-state index in [1.807, 2.05) is 40.8 Å². The summed E-state index contributed by atoms with van der Waals surface area (Å²) in [5.41, 5.74) is 1.47. The highest BCUT2D eigenvalue weighted by molar-refractivity contribution is 6.04. The van der Waals surface area contributed by atoms with Gasteiger partial charge in [0.1, 0.15) is 0 Å². The summed E-state index contributed by atoms with van der Waals surface area (Å²) in [4.78, 5) is 26.7. The summed E-state index contributed by atoms with van der Waals surface area (Å²) in [6.07, 6.45) is 4.91. The van der Waals surface area contributed by atoms with E-state index in [0.29, 0.717) is 5.56 Å². The molecule has 0 saturated carbocycles. The number of para-hydroxylation sites is 1. The third-order valence-corrected chi connectivity index (χ3v) is 4.93. The number of amides is 1. The van der Waals surface area contributed by atoms with E-state index in [4.69, 9.17) is 4.74 Å². The second kappa shape index (κ2) is 6.67. The van der Waals surface area contributed by atoms with Gasteiger partial charge in [0.2, 0.25) is 0 Å². The Morgan fingerprint density at radius 1 is 1.17 bits per heavy atom. The highest BCUT2D eigenvalue weighted by Gasteiger charge is 2.29. The summed E-state index contributed by atoms with van der Waals surface area (Å²) < 4.78 is 7.21. The van der Waals surface area contributed by atoms with E-state index in [-0.39, 0.29) is 24.6 Å². The zero-order valence-electron chi connectivity index (χ0n) is 14.5.